The van der Waals surface area contributed by atoms with Gasteiger partial charge in [0.15, 0.2) is 0 Å². The number of hydrazine groups is 1. The van der Waals surface area contributed by atoms with Crippen LogP contribution in [0.15, 0.2) is 66.7 Å². The van der Waals surface area contributed by atoms with Crippen molar-refractivity contribution in [2.75, 3.05) is 7.11 Å². The molecular formula is C22H18ClFN2O4. The summed E-state index contributed by atoms with van der Waals surface area (Å²) in [6, 6.07) is 17.4. The van der Waals surface area contributed by atoms with Gasteiger partial charge in [0.2, 0.25) is 0 Å². The Morgan fingerprint density at radius 3 is 2.17 bits per heavy atom. The SMILES string of the molecule is COc1ccc(C(=O)NNC(=O)c2ccc(COc3ccc(Cl)cc3)cc2)c(F)c1. The first-order valence-electron chi connectivity index (χ1n) is 8.88. The van der Waals surface area contributed by atoms with Crippen molar-refractivity contribution < 1.29 is 23.5 Å². The lowest BCUT2D eigenvalue weighted by Crippen LogP contribution is -2.41. The van der Waals surface area contributed by atoms with Gasteiger partial charge < -0.3 is 9.47 Å². The van der Waals surface area contributed by atoms with Crippen molar-refractivity contribution in [1.82, 2.24) is 10.9 Å². The van der Waals surface area contributed by atoms with Gasteiger partial charge in [-0.2, -0.15) is 0 Å². The zero-order valence-corrected chi connectivity index (χ0v) is 16.7. The van der Waals surface area contributed by atoms with Crippen LogP contribution in [0.5, 0.6) is 11.5 Å². The summed E-state index contributed by atoms with van der Waals surface area (Å²) >= 11 is 5.83. The van der Waals surface area contributed by atoms with Crippen LogP contribution in [-0.2, 0) is 6.61 Å². The molecular weight excluding hydrogens is 411 g/mol. The van der Waals surface area contributed by atoms with E-state index in [2.05, 4.69) is 10.9 Å². The molecule has 0 radical (unpaired) electrons. The van der Waals surface area contributed by atoms with E-state index in [0.717, 1.165) is 11.6 Å². The van der Waals surface area contributed by atoms with Crippen LogP contribution in [0.25, 0.3) is 0 Å². The van der Waals surface area contributed by atoms with Crippen LogP contribution < -0.4 is 20.3 Å². The largest absolute Gasteiger partial charge is 0.497 e. The molecule has 0 aromatic heterocycles. The summed E-state index contributed by atoms with van der Waals surface area (Å²) in [7, 11) is 1.39. The second-order valence-electron chi connectivity index (χ2n) is 6.19. The van der Waals surface area contributed by atoms with E-state index in [1.807, 2.05) is 0 Å². The molecule has 30 heavy (non-hydrogen) atoms. The first kappa shape index (κ1) is 21.1. The molecule has 0 spiro atoms. The lowest BCUT2D eigenvalue weighted by atomic mass is 10.1. The Kier molecular flexibility index (Phi) is 6.87. The van der Waals surface area contributed by atoms with Crippen molar-refractivity contribution in [1.29, 1.82) is 0 Å². The Labute approximate surface area is 177 Å². The predicted octanol–water partition coefficient (Wildman–Crippen LogP) is 4.14. The standard InChI is InChI=1S/C22H18ClFN2O4/c1-29-18-10-11-19(20(24)12-18)22(28)26-25-21(27)15-4-2-14(3-5-15)13-30-17-8-6-16(23)7-9-17/h2-12H,13H2,1H3,(H,25,27)(H,26,28). The third-order valence-electron chi connectivity index (χ3n) is 4.15. The number of rotatable bonds is 6. The molecule has 0 unspecified atom stereocenters. The van der Waals surface area contributed by atoms with Gasteiger partial charge in [0.1, 0.15) is 23.9 Å². The molecule has 0 saturated heterocycles. The first-order chi connectivity index (χ1) is 14.5. The fourth-order valence-electron chi connectivity index (χ4n) is 2.51. The Hall–Kier alpha value is -3.58. The van der Waals surface area contributed by atoms with E-state index in [0.29, 0.717) is 22.9 Å². The topological polar surface area (TPSA) is 76.7 Å². The molecule has 0 bridgehead atoms. The average molecular weight is 429 g/mol. The third kappa shape index (κ3) is 5.48. The summed E-state index contributed by atoms with van der Waals surface area (Å²) < 4.78 is 24.5. The molecule has 2 amide bonds. The van der Waals surface area contributed by atoms with E-state index in [9.17, 15) is 14.0 Å². The Bertz CT molecular complexity index is 1040. The molecule has 154 valence electrons. The van der Waals surface area contributed by atoms with Gasteiger partial charge in [0.25, 0.3) is 11.8 Å². The highest BCUT2D eigenvalue weighted by Crippen LogP contribution is 2.17. The smallest absolute Gasteiger partial charge is 0.272 e. The third-order valence-corrected chi connectivity index (χ3v) is 4.40. The second kappa shape index (κ2) is 9.76. The summed E-state index contributed by atoms with van der Waals surface area (Å²) in [4.78, 5) is 24.3. The highest BCUT2D eigenvalue weighted by Gasteiger charge is 2.14. The molecule has 0 aliphatic rings. The van der Waals surface area contributed by atoms with E-state index in [1.54, 1.807) is 48.5 Å². The second-order valence-corrected chi connectivity index (χ2v) is 6.63. The lowest BCUT2D eigenvalue weighted by molar-refractivity contribution is 0.0844. The molecule has 0 saturated carbocycles. The fourth-order valence-corrected chi connectivity index (χ4v) is 2.64. The molecule has 3 aromatic carbocycles. The van der Waals surface area contributed by atoms with Gasteiger partial charge in [-0.15, -0.1) is 0 Å². The molecule has 8 heteroatoms. The summed E-state index contributed by atoms with van der Waals surface area (Å²) in [6.07, 6.45) is 0. The monoisotopic (exact) mass is 428 g/mol. The minimum atomic E-state index is -0.781. The number of carbonyl (C=O) groups is 2. The summed E-state index contributed by atoms with van der Waals surface area (Å²) in [5.41, 5.74) is 5.40. The van der Waals surface area contributed by atoms with Crippen LogP contribution in [0.1, 0.15) is 26.3 Å². The normalized spacial score (nSPS) is 10.2. The molecule has 2 N–H and O–H groups in total. The predicted molar refractivity (Wildman–Crippen MR) is 110 cm³/mol. The van der Waals surface area contributed by atoms with Crippen LogP contribution in [0.3, 0.4) is 0 Å². The van der Waals surface area contributed by atoms with Gasteiger partial charge in [0, 0.05) is 16.7 Å². The summed E-state index contributed by atoms with van der Waals surface area (Å²) in [5.74, 6) is -1.12. The lowest BCUT2D eigenvalue weighted by Gasteiger charge is -2.10. The van der Waals surface area contributed by atoms with Crippen molar-refractivity contribution in [2.24, 2.45) is 0 Å². The van der Waals surface area contributed by atoms with E-state index in [4.69, 9.17) is 21.1 Å². The number of amides is 2. The van der Waals surface area contributed by atoms with Gasteiger partial charge in [0.05, 0.1) is 12.7 Å². The minimum absolute atomic E-state index is 0.217. The molecule has 3 rings (SSSR count). The highest BCUT2D eigenvalue weighted by atomic mass is 35.5. The zero-order chi connectivity index (χ0) is 21.5. The number of carbonyl (C=O) groups excluding carboxylic acids is 2. The number of benzene rings is 3. The van der Waals surface area contributed by atoms with Gasteiger partial charge in [-0.05, 0) is 54.1 Å². The van der Waals surface area contributed by atoms with Crippen LogP contribution in [0, 0.1) is 5.82 Å². The highest BCUT2D eigenvalue weighted by molar-refractivity contribution is 6.30. The molecule has 0 fully saturated rings. The number of methoxy groups -OCH3 is 1. The van der Waals surface area contributed by atoms with Crippen molar-refractivity contribution in [3.8, 4) is 11.5 Å². The number of nitrogens with one attached hydrogen (secondary N) is 2. The molecule has 3 aromatic rings. The van der Waals surface area contributed by atoms with Crippen LogP contribution in [0.2, 0.25) is 5.02 Å². The minimum Gasteiger partial charge on any atom is -0.497 e. The van der Waals surface area contributed by atoms with Gasteiger partial charge in [-0.3, -0.25) is 20.4 Å². The van der Waals surface area contributed by atoms with Crippen molar-refractivity contribution in [3.63, 3.8) is 0 Å². The number of halogens is 2. The van der Waals surface area contributed by atoms with Crippen molar-refractivity contribution in [2.45, 2.75) is 6.61 Å². The maximum Gasteiger partial charge on any atom is 0.272 e. The number of hydrogen-bond donors (Lipinski definition) is 2. The maximum atomic E-state index is 13.9. The number of hydrogen-bond acceptors (Lipinski definition) is 4. The maximum absolute atomic E-state index is 13.9. The quantitative estimate of drug-likeness (QED) is 0.578. The Morgan fingerprint density at radius 1 is 0.900 bits per heavy atom. The van der Waals surface area contributed by atoms with Gasteiger partial charge >= 0.3 is 0 Å². The average Bonchev–Trinajstić information content (AvgIpc) is 2.77. The van der Waals surface area contributed by atoms with Crippen LogP contribution >= 0.6 is 11.6 Å². The van der Waals surface area contributed by atoms with Crippen molar-refractivity contribution >= 4 is 23.4 Å². The molecule has 0 aliphatic heterocycles. The van der Waals surface area contributed by atoms with Crippen molar-refractivity contribution in [3.05, 3.63) is 94.3 Å². The van der Waals surface area contributed by atoms with E-state index >= 15 is 0 Å². The Balaban J connectivity index is 1.53. The van der Waals surface area contributed by atoms with E-state index in [-0.39, 0.29) is 11.3 Å². The van der Waals surface area contributed by atoms with E-state index < -0.39 is 17.6 Å². The number of ether oxygens (including phenoxy) is 2. The molecule has 0 heterocycles. The van der Waals surface area contributed by atoms with Gasteiger partial charge in [-0.1, -0.05) is 23.7 Å². The Morgan fingerprint density at radius 2 is 1.53 bits per heavy atom. The summed E-state index contributed by atoms with van der Waals surface area (Å²) in [6.45, 7) is 0.316. The summed E-state index contributed by atoms with van der Waals surface area (Å²) in [5, 5.41) is 0.625. The first-order valence-corrected chi connectivity index (χ1v) is 9.25. The molecule has 6 nitrogen and oxygen atoms in total. The zero-order valence-electron chi connectivity index (χ0n) is 15.9. The fraction of sp³-hybridized carbons (Fsp3) is 0.0909. The van der Waals surface area contributed by atoms with Crippen LogP contribution in [0.4, 0.5) is 4.39 Å². The molecule has 0 atom stereocenters. The molecule has 0 aliphatic carbocycles. The van der Waals surface area contributed by atoms with Crippen LogP contribution in [-0.4, -0.2) is 18.9 Å². The van der Waals surface area contributed by atoms with Gasteiger partial charge in [-0.25, -0.2) is 4.39 Å². The van der Waals surface area contributed by atoms with E-state index in [1.165, 1.54) is 19.2 Å².